The van der Waals surface area contributed by atoms with Crippen LogP contribution < -0.4 is 15.4 Å². The summed E-state index contributed by atoms with van der Waals surface area (Å²) in [5.74, 6) is 1.76. The molecule has 0 aromatic heterocycles. The summed E-state index contributed by atoms with van der Waals surface area (Å²) < 4.78 is 16.6. The molecule has 0 unspecified atom stereocenters. The lowest BCUT2D eigenvalue weighted by molar-refractivity contribution is 0.0513. The van der Waals surface area contributed by atoms with Crippen molar-refractivity contribution >= 4 is 5.96 Å². The highest BCUT2D eigenvalue weighted by Gasteiger charge is 2.34. The second kappa shape index (κ2) is 11.8. The lowest BCUT2D eigenvalue weighted by Gasteiger charge is -2.38. The summed E-state index contributed by atoms with van der Waals surface area (Å²) in [5, 5.41) is 6.89. The molecule has 6 nitrogen and oxygen atoms in total. The number of aliphatic imine (C=N–C) groups is 1. The molecular weight excluding hydrogens is 342 g/mol. The van der Waals surface area contributed by atoms with Crippen LogP contribution in [-0.4, -0.2) is 59.1 Å². The molecule has 1 aromatic carbocycles. The number of guanidine groups is 1. The molecule has 1 fully saturated rings. The molecule has 1 aromatic rings. The fourth-order valence-corrected chi connectivity index (χ4v) is 3.40. The van der Waals surface area contributed by atoms with Crippen molar-refractivity contribution in [2.24, 2.45) is 4.99 Å². The maximum atomic E-state index is 5.63. The Labute approximate surface area is 163 Å². The van der Waals surface area contributed by atoms with E-state index in [1.165, 1.54) is 5.56 Å². The minimum absolute atomic E-state index is 0.0476. The zero-order valence-corrected chi connectivity index (χ0v) is 17.1. The molecule has 1 saturated heterocycles. The first-order valence-electron chi connectivity index (χ1n) is 10.1. The van der Waals surface area contributed by atoms with Gasteiger partial charge in [0.15, 0.2) is 5.96 Å². The Morgan fingerprint density at radius 1 is 1.11 bits per heavy atom. The Balaban J connectivity index is 1.96. The smallest absolute Gasteiger partial charge is 0.191 e. The van der Waals surface area contributed by atoms with Crippen molar-refractivity contribution in [2.45, 2.75) is 38.5 Å². The monoisotopic (exact) mass is 377 g/mol. The Bertz CT molecular complexity index is 554. The van der Waals surface area contributed by atoms with Gasteiger partial charge >= 0.3 is 0 Å². The molecule has 0 bridgehead atoms. The molecule has 2 rings (SSSR count). The van der Waals surface area contributed by atoms with Crippen LogP contribution in [0.2, 0.25) is 0 Å². The molecule has 1 aliphatic rings. The normalized spacial score (nSPS) is 16.8. The van der Waals surface area contributed by atoms with Crippen LogP contribution in [0.15, 0.2) is 29.3 Å². The second-order valence-corrected chi connectivity index (χ2v) is 6.75. The molecule has 0 amide bonds. The van der Waals surface area contributed by atoms with Gasteiger partial charge in [-0.1, -0.05) is 12.1 Å². The third kappa shape index (κ3) is 6.70. The number of hydrogen-bond acceptors (Lipinski definition) is 4. The molecule has 0 atom stereocenters. The fourth-order valence-electron chi connectivity index (χ4n) is 3.40. The summed E-state index contributed by atoms with van der Waals surface area (Å²) >= 11 is 0. The molecule has 0 spiro atoms. The largest absolute Gasteiger partial charge is 0.494 e. The van der Waals surface area contributed by atoms with Crippen molar-refractivity contribution in [1.82, 2.24) is 10.6 Å². The molecular formula is C21H35N3O3. The molecule has 0 saturated carbocycles. The zero-order chi connectivity index (χ0) is 19.4. The van der Waals surface area contributed by atoms with Crippen LogP contribution in [-0.2, 0) is 14.9 Å². The molecule has 6 heteroatoms. The summed E-state index contributed by atoms with van der Waals surface area (Å²) in [4.78, 5) is 4.36. The van der Waals surface area contributed by atoms with E-state index < -0.39 is 0 Å². The van der Waals surface area contributed by atoms with Crippen molar-refractivity contribution in [3.63, 3.8) is 0 Å². The van der Waals surface area contributed by atoms with E-state index in [1.807, 2.05) is 20.9 Å². The number of rotatable bonds is 10. The standard InChI is InChI=1S/C21H35N3O3/c1-4-25-14-6-13-23-20(22-3)24-17-21(11-15-26-16-12-21)18-7-9-19(10-8-18)27-5-2/h7-10H,4-6,11-17H2,1-3H3,(H2,22,23,24). The van der Waals surface area contributed by atoms with Gasteiger partial charge in [-0.05, 0) is 50.8 Å². The van der Waals surface area contributed by atoms with Gasteiger partial charge in [-0.3, -0.25) is 4.99 Å². The van der Waals surface area contributed by atoms with E-state index in [1.54, 1.807) is 0 Å². The predicted octanol–water partition coefficient (Wildman–Crippen LogP) is 2.73. The Morgan fingerprint density at radius 3 is 2.48 bits per heavy atom. The summed E-state index contributed by atoms with van der Waals surface area (Å²) in [7, 11) is 1.81. The van der Waals surface area contributed by atoms with E-state index in [4.69, 9.17) is 14.2 Å². The number of nitrogens with zero attached hydrogens (tertiary/aromatic N) is 1. The maximum Gasteiger partial charge on any atom is 0.191 e. The van der Waals surface area contributed by atoms with Crippen LogP contribution in [0.4, 0.5) is 0 Å². The van der Waals surface area contributed by atoms with Crippen LogP contribution in [0, 0.1) is 0 Å². The molecule has 1 heterocycles. The van der Waals surface area contributed by atoms with Crippen LogP contribution in [0.25, 0.3) is 0 Å². The van der Waals surface area contributed by atoms with Crippen LogP contribution >= 0.6 is 0 Å². The summed E-state index contributed by atoms with van der Waals surface area (Å²) in [6.45, 7) is 9.49. The van der Waals surface area contributed by atoms with E-state index in [2.05, 4.69) is 39.9 Å². The van der Waals surface area contributed by atoms with Gasteiger partial charge in [0, 0.05) is 52.0 Å². The van der Waals surface area contributed by atoms with Gasteiger partial charge < -0.3 is 24.8 Å². The first-order valence-corrected chi connectivity index (χ1v) is 10.1. The third-order valence-corrected chi connectivity index (χ3v) is 5.01. The maximum absolute atomic E-state index is 5.63. The summed E-state index contributed by atoms with van der Waals surface area (Å²) in [6, 6.07) is 8.51. The van der Waals surface area contributed by atoms with Crippen LogP contribution in [0.1, 0.15) is 38.7 Å². The Hall–Kier alpha value is -1.79. The number of benzene rings is 1. The molecule has 152 valence electrons. The summed E-state index contributed by atoms with van der Waals surface area (Å²) in [6.07, 6.45) is 2.96. The number of hydrogen-bond donors (Lipinski definition) is 2. The third-order valence-electron chi connectivity index (χ3n) is 5.01. The molecule has 1 aliphatic heterocycles. The average Bonchev–Trinajstić information content (AvgIpc) is 2.71. The van der Waals surface area contributed by atoms with E-state index in [0.717, 1.165) is 70.5 Å². The van der Waals surface area contributed by atoms with Crippen molar-refractivity contribution in [2.75, 3.05) is 53.2 Å². The number of nitrogens with one attached hydrogen (secondary N) is 2. The fraction of sp³-hybridized carbons (Fsp3) is 0.667. The van der Waals surface area contributed by atoms with Crippen molar-refractivity contribution < 1.29 is 14.2 Å². The Kier molecular flexibility index (Phi) is 9.42. The highest BCUT2D eigenvalue weighted by molar-refractivity contribution is 5.79. The van der Waals surface area contributed by atoms with Gasteiger partial charge in [0.05, 0.1) is 6.61 Å². The minimum Gasteiger partial charge on any atom is -0.494 e. The first-order chi connectivity index (χ1) is 13.2. The van der Waals surface area contributed by atoms with Gasteiger partial charge in [-0.2, -0.15) is 0 Å². The summed E-state index contributed by atoms with van der Waals surface area (Å²) in [5.41, 5.74) is 1.37. The Morgan fingerprint density at radius 2 is 1.85 bits per heavy atom. The predicted molar refractivity (Wildman–Crippen MR) is 110 cm³/mol. The first kappa shape index (κ1) is 21.5. The van der Waals surface area contributed by atoms with E-state index in [9.17, 15) is 0 Å². The van der Waals surface area contributed by atoms with Crippen LogP contribution in [0.3, 0.4) is 0 Å². The lowest BCUT2D eigenvalue weighted by atomic mass is 9.74. The van der Waals surface area contributed by atoms with Crippen molar-refractivity contribution in [1.29, 1.82) is 0 Å². The van der Waals surface area contributed by atoms with E-state index >= 15 is 0 Å². The second-order valence-electron chi connectivity index (χ2n) is 6.75. The van der Waals surface area contributed by atoms with Gasteiger partial charge in [-0.25, -0.2) is 0 Å². The van der Waals surface area contributed by atoms with E-state index in [-0.39, 0.29) is 5.41 Å². The SMILES string of the molecule is CCOCCCNC(=NC)NCC1(c2ccc(OCC)cc2)CCOCC1. The van der Waals surface area contributed by atoms with Gasteiger partial charge in [0.25, 0.3) is 0 Å². The highest BCUT2D eigenvalue weighted by Crippen LogP contribution is 2.35. The quantitative estimate of drug-likeness (QED) is 0.373. The molecule has 27 heavy (non-hydrogen) atoms. The zero-order valence-electron chi connectivity index (χ0n) is 17.1. The van der Waals surface area contributed by atoms with Crippen LogP contribution in [0.5, 0.6) is 5.75 Å². The molecule has 0 radical (unpaired) electrons. The van der Waals surface area contributed by atoms with Crippen molar-refractivity contribution in [3.8, 4) is 5.75 Å². The topological polar surface area (TPSA) is 64.1 Å². The lowest BCUT2D eigenvalue weighted by Crippen LogP contribution is -2.48. The number of ether oxygens (including phenoxy) is 3. The highest BCUT2D eigenvalue weighted by atomic mass is 16.5. The average molecular weight is 378 g/mol. The van der Waals surface area contributed by atoms with Crippen molar-refractivity contribution in [3.05, 3.63) is 29.8 Å². The molecule has 2 N–H and O–H groups in total. The van der Waals surface area contributed by atoms with Gasteiger partial charge in [0.1, 0.15) is 5.75 Å². The van der Waals surface area contributed by atoms with Gasteiger partial charge in [0.2, 0.25) is 0 Å². The van der Waals surface area contributed by atoms with Gasteiger partial charge in [-0.15, -0.1) is 0 Å². The van der Waals surface area contributed by atoms with E-state index in [0.29, 0.717) is 6.61 Å². The molecule has 0 aliphatic carbocycles. The minimum atomic E-state index is 0.0476.